The second kappa shape index (κ2) is 3.40. The fraction of sp³-hybridized carbons (Fsp3) is 0.500. The third kappa shape index (κ3) is 2.40. The molecule has 1 heterocycles. The van der Waals surface area contributed by atoms with Crippen molar-refractivity contribution < 1.29 is 13.2 Å². The van der Waals surface area contributed by atoms with Gasteiger partial charge in [0.05, 0.1) is 5.56 Å². The summed E-state index contributed by atoms with van der Waals surface area (Å²) in [4.78, 5) is 3.76. The fourth-order valence-corrected chi connectivity index (χ4v) is 1.37. The Kier molecular flexibility index (Phi) is 2.32. The van der Waals surface area contributed by atoms with Gasteiger partial charge in [-0.1, -0.05) is 0 Å². The Labute approximate surface area is 85.5 Å². The van der Waals surface area contributed by atoms with Gasteiger partial charge < -0.3 is 5.32 Å². The average Bonchev–Trinajstić information content (AvgIpc) is 2.85. The Bertz CT molecular complexity index is 369. The minimum Gasteiger partial charge on any atom is -0.367 e. The summed E-state index contributed by atoms with van der Waals surface area (Å²) in [7, 11) is 0. The van der Waals surface area contributed by atoms with Gasteiger partial charge in [-0.15, -0.1) is 0 Å². The monoisotopic (exact) mass is 216 g/mol. The second-order valence-corrected chi connectivity index (χ2v) is 3.80. The minimum absolute atomic E-state index is 0.209. The summed E-state index contributed by atoms with van der Waals surface area (Å²) >= 11 is 0. The van der Waals surface area contributed by atoms with Gasteiger partial charge in [0, 0.05) is 12.2 Å². The van der Waals surface area contributed by atoms with Crippen LogP contribution in [0.4, 0.5) is 19.0 Å². The first kappa shape index (κ1) is 10.3. The minimum atomic E-state index is -4.31. The summed E-state index contributed by atoms with van der Waals surface area (Å²) in [5.74, 6) is 0.531. The highest BCUT2D eigenvalue weighted by molar-refractivity contribution is 5.43. The van der Waals surface area contributed by atoms with E-state index in [1.807, 2.05) is 0 Å². The molecule has 1 saturated carbocycles. The summed E-state index contributed by atoms with van der Waals surface area (Å²) in [5.41, 5.74) is -0.454. The van der Waals surface area contributed by atoms with Gasteiger partial charge in [-0.3, -0.25) is 0 Å². The maximum absolute atomic E-state index is 12.4. The maximum atomic E-state index is 12.4. The van der Waals surface area contributed by atoms with Crippen molar-refractivity contribution in [1.82, 2.24) is 4.98 Å². The predicted octanol–water partition coefficient (Wildman–Crippen LogP) is 2.98. The summed E-state index contributed by atoms with van der Waals surface area (Å²) in [6.45, 7) is 1.45. The zero-order chi connectivity index (χ0) is 11.1. The van der Waals surface area contributed by atoms with Crippen molar-refractivity contribution in [1.29, 1.82) is 0 Å². The highest BCUT2D eigenvalue weighted by Gasteiger charge is 2.33. The van der Waals surface area contributed by atoms with Crippen LogP contribution in [0.5, 0.6) is 0 Å². The van der Waals surface area contributed by atoms with Crippen LogP contribution in [0, 0.1) is 6.92 Å². The molecule has 1 aromatic rings. The molecule has 0 saturated heterocycles. The molecule has 82 valence electrons. The molecule has 0 amide bonds. The molecule has 0 unspecified atom stereocenters. The molecule has 1 aromatic heterocycles. The molecule has 1 aliphatic rings. The second-order valence-electron chi connectivity index (χ2n) is 3.80. The van der Waals surface area contributed by atoms with Crippen LogP contribution < -0.4 is 5.32 Å². The van der Waals surface area contributed by atoms with E-state index in [9.17, 15) is 13.2 Å². The molecule has 5 heteroatoms. The van der Waals surface area contributed by atoms with Gasteiger partial charge in [-0.05, 0) is 31.4 Å². The van der Waals surface area contributed by atoms with Crippen molar-refractivity contribution in [3.8, 4) is 0 Å². The van der Waals surface area contributed by atoms with E-state index in [4.69, 9.17) is 0 Å². The van der Waals surface area contributed by atoms with Gasteiger partial charge in [0.25, 0.3) is 0 Å². The Hall–Kier alpha value is -1.26. The number of nitrogens with one attached hydrogen (secondary N) is 1. The van der Waals surface area contributed by atoms with Crippen molar-refractivity contribution in [3.63, 3.8) is 0 Å². The molecule has 0 aliphatic heterocycles. The molecule has 1 fully saturated rings. The van der Waals surface area contributed by atoms with E-state index in [1.54, 1.807) is 0 Å². The van der Waals surface area contributed by atoms with Crippen LogP contribution >= 0.6 is 0 Å². The largest absolute Gasteiger partial charge is 0.418 e. The Morgan fingerprint density at radius 1 is 1.40 bits per heavy atom. The third-order valence-corrected chi connectivity index (χ3v) is 2.35. The van der Waals surface area contributed by atoms with Crippen LogP contribution in [0.2, 0.25) is 0 Å². The molecule has 0 bridgehead atoms. The summed E-state index contributed by atoms with van der Waals surface area (Å²) in [6, 6.07) is 1.84. The lowest BCUT2D eigenvalue weighted by Crippen LogP contribution is -2.10. The number of hydrogen-bond donors (Lipinski definition) is 1. The molecule has 1 N–H and O–H groups in total. The SMILES string of the molecule is Cc1cc(NC2CC2)ncc1C(F)(F)F. The van der Waals surface area contributed by atoms with Crippen LogP contribution in [0.1, 0.15) is 24.0 Å². The normalized spacial score (nSPS) is 16.5. The Morgan fingerprint density at radius 2 is 2.07 bits per heavy atom. The third-order valence-electron chi connectivity index (χ3n) is 2.35. The Morgan fingerprint density at radius 3 is 2.53 bits per heavy atom. The first-order valence-electron chi connectivity index (χ1n) is 4.77. The molecule has 0 spiro atoms. The van der Waals surface area contributed by atoms with E-state index < -0.39 is 11.7 Å². The van der Waals surface area contributed by atoms with Crippen LogP contribution in [-0.2, 0) is 6.18 Å². The molecular weight excluding hydrogens is 205 g/mol. The van der Waals surface area contributed by atoms with E-state index in [0.717, 1.165) is 19.0 Å². The molecule has 0 radical (unpaired) electrons. The van der Waals surface area contributed by atoms with Gasteiger partial charge in [-0.2, -0.15) is 13.2 Å². The molecule has 15 heavy (non-hydrogen) atoms. The predicted molar refractivity (Wildman–Crippen MR) is 50.6 cm³/mol. The number of halogens is 3. The Balaban J connectivity index is 2.21. The first-order valence-corrected chi connectivity index (χ1v) is 4.77. The number of nitrogens with zero attached hydrogens (tertiary/aromatic N) is 1. The van der Waals surface area contributed by atoms with E-state index in [2.05, 4.69) is 10.3 Å². The number of anilines is 1. The lowest BCUT2D eigenvalue weighted by atomic mass is 10.1. The van der Waals surface area contributed by atoms with Gasteiger partial charge in [-0.25, -0.2) is 4.98 Å². The lowest BCUT2D eigenvalue weighted by Gasteiger charge is -2.11. The van der Waals surface area contributed by atoms with Crippen molar-refractivity contribution in [3.05, 3.63) is 23.4 Å². The zero-order valence-electron chi connectivity index (χ0n) is 8.23. The van der Waals surface area contributed by atoms with Crippen LogP contribution in [0.3, 0.4) is 0 Å². The number of aryl methyl sites for hydroxylation is 1. The topological polar surface area (TPSA) is 24.9 Å². The number of hydrogen-bond acceptors (Lipinski definition) is 2. The summed E-state index contributed by atoms with van der Waals surface area (Å²) < 4.78 is 37.2. The van der Waals surface area contributed by atoms with Crippen LogP contribution in [0.15, 0.2) is 12.3 Å². The lowest BCUT2D eigenvalue weighted by molar-refractivity contribution is -0.138. The number of rotatable bonds is 2. The number of alkyl halides is 3. The molecular formula is C10H11F3N2. The van der Waals surface area contributed by atoms with Gasteiger partial charge in [0.2, 0.25) is 0 Å². The molecule has 2 nitrogen and oxygen atoms in total. The van der Waals surface area contributed by atoms with Crippen molar-refractivity contribution in [2.45, 2.75) is 32.0 Å². The van der Waals surface area contributed by atoms with Crippen molar-refractivity contribution in [2.75, 3.05) is 5.32 Å². The van der Waals surface area contributed by atoms with Crippen molar-refractivity contribution >= 4 is 5.82 Å². The fourth-order valence-electron chi connectivity index (χ4n) is 1.37. The number of aromatic nitrogens is 1. The highest BCUT2D eigenvalue weighted by Crippen LogP contribution is 2.32. The van der Waals surface area contributed by atoms with E-state index in [0.29, 0.717) is 11.9 Å². The van der Waals surface area contributed by atoms with E-state index in [-0.39, 0.29) is 5.56 Å². The van der Waals surface area contributed by atoms with Gasteiger partial charge in [0.1, 0.15) is 5.82 Å². The molecule has 1 aliphatic carbocycles. The summed E-state index contributed by atoms with van der Waals surface area (Å²) in [6.07, 6.45) is -1.28. The van der Waals surface area contributed by atoms with E-state index in [1.165, 1.54) is 13.0 Å². The van der Waals surface area contributed by atoms with E-state index >= 15 is 0 Å². The molecule has 2 rings (SSSR count). The number of pyridine rings is 1. The average molecular weight is 216 g/mol. The quantitative estimate of drug-likeness (QED) is 0.822. The maximum Gasteiger partial charge on any atom is 0.418 e. The van der Waals surface area contributed by atoms with Gasteiger partial charge in [0.15, 0.2) is 0 Å². The smallest absolute Gasteiger partial charge is 0.367 e. The highest BCUT2D eigenvalue weighted by atomic mass is 19.4. The zero-order valence-corrected chi connectivity index (χ0v) is 8.23. The van der Waals surface area contributed by atoms with Crippen molar-refractivity contribution in [2.24, 2.45) is 0 Å². The summed E-state index contributed by atoms with van der Waals surface area (Å²) in [5, 5.41) is 3.06. The van der Waals surface area contributed by atoms with Crippen LogP contribution in [0.25, 0.3) is 0 Å². The molecule has 0 atom stereocenters. The van der Waals surface area contributed by atoms with Gasteiger partial charge >= 0.3 is 6.18 Å². The first-order chi connectivity index (χ1) is 6.97. The standard InChI is InChI=1S/C10H11F3N2/c1-6-4-9(15-7-2-3-7)14-5-8(6)10(11,12)13/h4-5,7H,2-3H2,1H3,(H,14,15). The molecule has 0 aromatic carbocycles. The van der Waals surface area contributed by atoms with Crippen LogP contribution in [-0.4, -0.2) is 11.0 Å².